The van der Waals surface area contributed by atoms with Crippen LogP contribution >= 0.6 is 23.1 Å². The van der Waals surface area contributed by atoms with Crippen molar-refractivity contribution in [2.45, 2.75) is 30.8 Å². The summed E-state index contributed by atoms with van der Waals surface area (Å²) < 4.78 is 0. The number of aromatic nitrogens is 3. The molecule has 24 heavy (non-hydrogen) atoms. The van der Waals surface area contributed by atoms with E-state index >= 15 is 0 Å². The Kier molecular flexibility index (Phi) is 4.24. The monoisotopic (exact) mass is 362 g/mol. The first-order chi connectivity index (χ1) is 11.6. The van der Waals surface area contributed by atoms with Gasteiger partial charge in [-0.1, -0.05) is 13.8 Å². The van der Waals surface area contributed by atoms with Crippen LogP contribution in [-0.4, -0.2) is 39.3 Å². The standard InChI is InChI=1S/C16H22N6S2/c1-10(2)12-3-4-19-15(20-12)22-6-11-7-23-14(17)21-16(11,8-22)13-5-18-9-24-13/h3-5,9-11,14,21H,6-8,17H2,1-2H3/t11-,14?,16-/m0/s1. The Morgan fingerprint density at radius 3 is 3.08 bits per heavy atom. The van der Waals surface area contributed by atoms with Crippen molar-refractivity contribution in [1.29, 1.82) is 0 Å². The largest absolute Gasteiger partial charge is 0.338 e. The summed E-state index contributed by atoms with van der Waals surface area (Å²) in [6.07, 6.45) is 3.84. The third-order valence-corrected chi connectivity index (χ3v) is 6.89. The van der Waals surface area contributed by atoms with E-state index in [4.69, 9.17) is 10.7 Å². The minimum Gasteiger partial charge on any atom is -0.338 e. The molecule has 3 N–H and O–H groups in total. The maximum absolute atomic E-state index is 6.22. The molecular formula is C16H22N6S2. The zero-order valence-electron chi connectivity index (χ0n) is 13.8. The van der Waals surface area contributed by atoms with Crippen LogP contribution < -0.4 is 16.0 Å². The van der Waals surface area contributed by atoms with E-state index in [0.29, 0.717) is 11.8 Å². The number of nitrogens with one attached hydrogen (secondary N) is 1. The Balaban J connectivity index is 1.68. The van der Waals surface area contributed by atoms with E-state index in [0.717, 1.165) is 30.5 Å². The van der Waals surface area contributed by atoms with Gasteiger partial charge < -0.3 is 10.6 Å². The van der Waals surface area contributed by atoms with Crippen LogP contribution in [0, 0.1) is 5.92 Å². The molecule has 2 aromatic rings. The van der Waals surface area contributed by atoms with E-state index in [1.54, 1.807) is 23.1 Å². The van der Waals surface area contributed by atoms with Crippen molar-refractivity contribution < 1.29 is 0 Å². The third-order valence-electron chi connectivity index (χ3n) is 4.87. The molecule has 6 nitrogen and oxygen atoms in total. The molecule has 0 spiro atoms. The highest BCUT2D eigenvalue weighted by atomic mass is 32.2. The average Bonchev–Trinajstić information content (AvgIpc) is 3.22. The predicted molar refractivity (Wildman–Crippen MR) is 99.2 cm³/mol. The van der Waals surface area contributed by atoms with Gasteiger partial charge in [0.05, 0.1) is 11.0 Å². The molecule has 0 radical (unpaired) electrons. The molecule has 4 heterocycles. The van der Waals surface area contributed by atoms with Gasteiger partial charge in [0.25, 0.3) is 0 Å². The highest BCUT2D eigenvalue weighted by Gasteiger charge is 2.52. The van der Waals surface area contributed by atoms with Crippen molar-refractivity contribution in [3.8, 4) is 0 Å². The summed E-state index contributed by atoms with van der Waals surface area (Å²) >= 11 is 3.48. The summed E-state index contributed by atoms with van der Waals surface area (Å²) in [7, 11) is 0. The van der Waals surface area contributed by atoms with Gasteiger partial charge in [-0.15, -0.1) is 23.1 Å². The predicted octanol–water partition coefficient (Wildman–Crippen LogP) is 1.97. The van der Waals surface area contributed by atoms with E-state index in [2.05, 4.69) is 34.0 Å². The normalized spacial score (nSPS) is 29.9. The van der Waals surface area contributed by atoms with Crippen molar-refractivity contribution in [3.05, 3.63) is 34.5 Å². The Bertz CT molecular complexity index is 706. The van der Waals surface area contributed by atoms with Gasteiger partial charge >= 0.3 is 0 Å². The summed E-state index contributed by atoms with van der Waals surface area (Å²) in [5.41, 5.74) is 9.00. The molecule has 2 fully saturated rings. The summed E-state index contributed by atoms with van der Waals surface area (Å²) in [6.45, 7) is 6.08. The van der Waals surface area contributed by atoms with Gasteiger partial charge in [0, 0.05) is 47.7 Å². The second-order valence-corrected chi connectivity index (χ2v) is 8.81. The van der Waals surface area contributed by atoms with Crippen LogP contribution in [0.15, 0.2) is 24.0 Å². The van der Waals surface area contributed by atoms with Crippen LogP contribution in [0.5, 0.6) is 0 Å². The summed E-state index contributed by atoms with van der Waals surface area (Å²) in [4.78, 5) is 17.2. The van der Waals surface area contributed by atoms with E-state index in [1.165, 1.54) is 4.88 Å². The van der Waals surface area contributed by atoms with Crippen LogP contribution in [0.25, 0.3) is 0 Å². The second kappa shape index (κ2) is 6.25. The van der Waals surface area contributed by atoms with Crippen LogP contribution in [0.1, 0.15) is 30.3 Å². The average molecular weight is 363 g/mol. The SMILES string of the molecule is CC(C)c1ccnc(N2C[C@H]3CSC(N)N[C@@]3(c3cncs3)C2)n1. The quantitative estimate of drug-likeness (QED) is 0.864. The molecule has 0 saturated carbocycles. The molecule has 2 aromatic heterocycles. The summed E-state index contributed by atoms with van der Waals surface area (Å²) in [5.74, 6) is 2.72. The lowest BCUT2D eigenvalue weighted by molar-refractivity contribution is 0.279. The first kappa shape index (κ1) is 16.3. The number of anilines is 1. The fourth-order valence-corrected chi connectivity index (χ4v) is 5.55. The van der Waals surface area contributed by atoms with Crippen molar-refractivity contribution in [1.82, 2.24) is 20.3 Å². The van der Waals surface area contributed by atoms with Crippen molar-refractivity contribution >= 4 is 29.0 Å². The van der Waals surface area contributed by atoms with Crippen molar-refractivity contribution in [3.63, 3.8) is 0 Å². The smallest absolute Gasteiger partial charge is 0.225 e. The van der Waals surface area contributed by atoms with Gasteiger partial charge in [-0.25, -0.2) is 9.97 Å². The highest BCUT2D eigenvalue weighted by Crippen LogP contribution is 2.44. The van der Waals surface area contributed by atoms with Crippen molar-refractivity contribution in [2.24, 2.45) is 11.7 Å². The fraction of sp³-hybridized carbons (Fsp3) is 0.562. The molecule has 2 aliphatic heterocycles. The number of rotatable bonds is 3. The Morgan fingerprint density at radius 1 is 1.46 bits per heavy atom. The molecule has 0 bridgehead atoms. The minimum absolute atomic E-state index is 0.0498. The Morgan fingerprint density at radius 2 is 2.33 bits per heavy atom. The maximum Gasteiger partial charge on any atom is 0.225 e. The van der Waals surface area contributed by atoms with Gasteiger partial charge in [0.1, 0.15) is 5.50 Å². The molecule has 128 valence electrons. The van der Waals surface area contributed by atoms with Crippen molar-refractivity contribution in [2.75, 3.05) is 23.7 Å². The van der Waals surface area contributed by atoms with E-state index in [-0.39, 0.29) is 11.0 Å². The molecule has 4 rings (SSSR count). The topological polar surface area (TPSA) is 80.0 Å². The molecule has 3 atom stereocenters. The molecule has 2 saturated heterocycles. The fourth-order valence-electron chi connectivity index (χ4n) is 3.56. The number of thioether (sulfide) groups is 1. The minimum atomic E-state index is -0.150. The lowest BCUT2D eigenvalue weighted by Gasteiger charge is -2.41. The maximum atomic E-state index is 6.22. The van der Waals surface area contributed by atoms with E-state index in [9.17, 15) is 0 Å². The second-order valence-electron chi connectivity index (χ2n) is 6.75. The first-order valence-corrected chi connectivity index (χ1v) is 10.1. The van der Waals surface area contributed by atoms with E-state index in [1.807, 2.05) is 24.0 Å². The van der Waals surface area contributed by atoms with Gasteiger partial charge in [0.15, 0.2) is 0 Å². The number of hydrogen-bond donors (Lipinski definition) is 2. The number of hydrogen-bond acceptors (Lipinski definition) is 8. The molecule has 8 heteroatoms. The van der Waals surface area contributed by atoms with Gasteiger partial charge in [0.2, 0.25) is 5.95 Å². The van der Waals surface area contributed by atoms with Crippen LogP contribution in [0.4, 0.5) is 5.95 Å². The van der Waals surface area contributed by atoms with Crippen LogP contribution in [0.3, 0.4) is 0 Å². The van der Waals surface area contributed by atoms with Gasteiger partial charge in [-0.05, 0) is 12.0 Å². The Labute approximate surface area is 150 Å². The van der Waals surface area contributed by atoms with Crippen LogP contribution in [-0.2, 0) is 5.54 Å². The first-order valence-electron chi connectivity index (χ1n) is 8.20. The molecule has 0 aromatic carbocycles. The number of thiazole rings is 1. The lowest BCUT2D eigenvalue weighted by atomic mass is 9.87. The zero-order chi connectivity index (χ0) is 16.7. The number of fused-ring (bicyclic) bond motifs is 1. The third kappa shape index (κ3) is 2.71. The van der Waals surface area contributed by atoms with Crippen LogP contribution in [0.2, 0.25) is 0 Å². The Hall–Kier alpha value is -1.22. The lowest BCUT2D eigenvalue weighted by Crippen LogP contribution is -2.58. The summed E-state index contributed by atoms with van der Waals surface area (Å²) in [6, 6.07) is 2.00. The van der Waals surface area contributed by atoms with Gasteiger partial charge in [-0.3, -0.25) is 10.3 Å². The molecule has 2 aliphatic rings. The molecular weight excluding hydrogens is 340 g/mol. The molecule has 1 unspecified atom stereocenters. The van der Waals surface area contributed by atoms with Gasteiger partial charge in [-0.2, -0.15) is 0 Å². The van der Waals surface area contributed by atoms with E-state index < -0.39 is 0 Å². The number of nitrogens with zero attached hydrogens (tertiary/aromatic N) is 4. The molecule has 0 aliphatic carbocycles. The highest BCUT2D eigenvalue weighted by molar-refractivity contribution is 7.99. The number of nitrogens with two attached hydrogens (primary N) is 1. The molecule has 0 amide bonds. The summed E-state index contributed by atoms with van der Waals surface area (Å²) in [5, 5.41) is 3.65. The zero-order valence-corrected chi connectivity index (χ0v) is 15.5.